The third-order valence-corrected chi connectivity index (χ3v) is 6.58. The number of benzene rings is 2. The summed E-state index contributed by atoms with van der Waals surface area (Å²) < 4.78 is 18.1. The molecule has 0 spiro atoms. The SMILES string of the molecule is Nc1nccc(-c2c(-c3ccc(F)cc3)nc3n2C(Cn2ccc4c(Cl)cccc42)CC3)n1. The van der Waals surface area contributed by atoms with Gasteiger partial charge >= 0.3 is 0 Å². The van der Waals surface area contributed by atoms with E-state index in [0.29, 0.717) is 5.69 Å². The summed E-state index contributed by atoms with van der Waals surface area (Å²) in [6, 6.07) is 16.4. The van der Waals surface area contributed by atoms with Crippen molar-refractivity contribution in [1.29, 1.82) is 0 Å². The monoisotopic (exact) mass is 458 g/mol. The molecule has 1 unspecified atom stereocenters. The highest BCUT2D eigenvalue weighted by Crippen LogP contribution is 2.40. The zero-order chi connectivity index (χ0) is 22.5. The molecule has 2 N–H and O–H groups in total. The van der Waals surface area contributed by atoms with E-state index in [-0.39, 0.29) is 17.8 Å². The average molecular weight is 459 g/mol. The Morgan fingerprint density at radius 3 is 2.73 bits per heavy atom. The van der Waals surface area contributed by atoms with Gasteiger partial charge in [-0.25, -0.2) is 19.3 Å². The van der Waals surface area contributed by atoms with Crippen LogP contribution in [0.5, 0.6) is 0 Å². The molecule has 1 aliphatic heterocycles. The van der Waals surface area contributed by atoms with E-state index < -0.39 is 0 Å². The molecule has 5 aromatic rings. The van der Waals surface area contributed by atoms with Crippen LogP contribution >= 0.6 is 11.6 Å². The Morgan fingerprint density at radius 1 is 1.06 bits per heavy atom. The summed E-state index contributed by atoms with van der Waals surface area (Å²) in [5.74, 6) is 0.907. The molecule has 3 aromatic heterocycles. The van der Waals surface area contributed by atoms with Crippen molar-refractivity contribution in [2.24, 2.45) is 0 Å². The predicted molar refractivity (Wildman–Crippen MR) is 127 cm³/mol. The highest BCUT2D eigenvalue weighted by atomic mass is 35.5. The van der Waals surface area contributed by atoms with E-state index in [0.717, 1.165) is 58.1 Å². The molecule has 33 heavy (non-hydrogen) atoms. The predicted octanol–water partition coefficient (Wildman–Crippen LogP) is 5.52. The second-order valence-corrected chi connectivity index (χ2v) is 8.64. The topological polar surface area (TPSA) is 74.5 Å². The Kier molecular flexibility index (Phi) is 4.66. The Labute approximate surface area is 194 Å². The number of nitrogens with two attached hydrogens (primary N) is 1. The molecule has 6 nitrogen and oxygen atoms in total. The lowest BCUT2D eigenvalue weighted by atomic mass is 10.1. The molecular formula is C25H20ClFN6. The number of anilines is 1. The molecule has 1 aliphatic rings. The van der Waals surface area contributed by atoms with Gasteiger partial charge in [0.05, 0.1) is 23.1 Å². The molecular weight excluding hydrogens is 439 g/mol. The highest BCUT2D eigenvalue weighted by molar-refractivity contribution is 6.35. The Balaban J connectivity index is 1.49. The van der Waals surface area contributed by atoms with Crippen LogP contribution in [-0.2, 0) is 13.0 Å². The van der Waals surface area contributed by atoms with Gasteiger partial charge in [0.15, 0.2) is 0 Å². The van der Waals surface area contributed by atoms with Crippen molar-refractivity contribution in [3.8, 4) is 22.6 Å². The van der Waals surface area contributed by atoms with Crippen molar-refractivity contribution in [1.82, 2.24) is 24.1 Å². The summed E-state index contributed by atoms with van der Waals surface area (Å²) in [6.45, 7) is 0.767. The molecule has 6 rings (SSSR count). The summed E-state index contributed by atoms with van der Waals surface area (Å²) in [4.78, 5) is 13.5. The van der Waals surface area contributed by atoms with Crippen molar-refractivity contribution >= 4 is 28.5 Å². The van der Waals surface area contributed by atoms with Crippen LogP contribution in [0.4, 0.5) is 10.3 Å². The first-order valence-corrected chi connectivity index (χ1v) is 11.2. The van der Waals surface area contributed by atoms with Gasteiger partial charge in [-0.05, 0) is 55.0 Å². The lowest BCUT2D eigenvalue weighted by molar-refractivity contribution is 0.459. The molecule has 0 aliphatic carbocycles. The lowest BCUT2D eigenvalue weighted by Gasteiger charge is -2.19. The van der Waals surface area contributed by atoms with Gasteiger partial charge in [0.2, 0.25) is 5.95 Å². The van der Waals surface area contributed by atoms with Crippen molar-refractivity contribution < 1.29 is 4.39 Å². The summed E-state index contributed by atoms with van der Waals surface area (Å²) in [6.07, 6.45) is 5.53. The molecule has 1 atom stereocenters. The molecule has 0 radical (unpaired) electrons. The van der Waals surface area contributed by atoms with E-state index in [4.69, 9.17) is 22.3 Å². The van der Waals surface area contributed by atoms with Gasteiger partial charge in [-0.1, -0.05) is 17.7 Å². The number of hydrogen-bond donors (Lipinski definition) is 1. The quantitative estimate of drug-likeness (QED) is 0.384. The number of fused-ring (bicyclic) bond motifs is 2. The second kappa shape index (κ2) is 7.71. The first kappa shape index (κ1) is 19.9. The van der Waals surface area contributed by atoms with E-state index in [1.54, 1.807) is 18.3 Å². The van der Waals surface area contributed by atoms with Gasteiger partial charge in [-0.3, -0.25) is 0 Å². The minimum absolute atomic E-state index is 0.169. The van der Waals surface area contributed by atoms with Crippen molar-refractivity contribution in [2.45, 2.75) is 25.4 Å². The summed E-state index contributed by atoms with van der Waals surface area (Å²) in [5.41, 5.74) is 10.2. The molecule has 2 aromatic carbocycles. The summed E-state index contributed by atoms with van der Waals surface area (Å²) >= 11 is 6.39. The number of halogens is 2. The lowest BCUT2D eigenvalue weighted by Crippen LogP contribution is -2.13. The van der Waals surface area contributed by atoms with Gasteiger partial charge in [0, 0.05) is 46.8 Å². The molecule has 0 saturated heterocycles. The van der Waals surface area contributed by atoms with Gasteiger partial charge < -0.3 is 14.9 Å². The maximum atomic E-state index is 13.6. The third-order valence-electron chi connectivity index (χ3n) is 6.25. The molecule has 8 heteroatoms. The Morgan fingerprint density at radius 2 is 1.91 bits per heavy atom. The maximum absolute atomic E-state index is 13.6. The Bertz CT molecular complexity index is 1490. The van der Waals surface area contributed by atoms with Gasteiger partial charge in [0.1, 0.15) is 11.6 Å². The summed E-state index contributed by atoms with van der Waals surface area (Å²) in [5, 5.41) is 1.79. The van der Waals surface area contributed by atoms with Crippen molar-refractivity contribution in [3.63, 3.8) is 0 Å². The molecule has 164 valence electrons. The van der Waals surface area contributed by atoms with Crippen molar-refractivity contribution in [2.75, 3.05) is 5.73 Å². The van der Waals surface area contributed by atoms with E-state index in [1.165, 1.54) is 12.1 Å². The molecule has 0 saturated carbocycles. The van der Waals surface area contributed by atoms with Crippen LogP contribution in [0.15, 0.2) is 67.0 Å². The standard InChI is InChI=1S/C25H20ClFN6/c26-19-2-1-3-21-18(19)11-13-32(21)14-17-8-9-22-31-23(15-4-6-16(27)7-5-15)24(33(17)22)20-10-12-29-25(28)30-20/h1-7,10-13,17H,8-9,14H2,(H2,28,29,30). The number of nitrogen functional groups attached to an aromatic ring is 1. The van der Waals surface area contributed by atoms with Crippen LogP contribution in [-0.4, -0.2) is 24.1 Å². The normalized spacial score (nSPS) is 15.3. The summed E-state index contributed by atoms with van der Waals surface area (Å²) in [7, 11) is 0. The Hall–Kier alpha value is -3.71. The van der Waals surface area contributed by atoms with Crippen molar-refractivity contribution in [3.05, 3.63) is 83.7 Å². The van der Waals surface area contributed by atoms with E-state index >= 15 is 0 Å². The molecule has 0 amide bonds. The largest absolute Gasteiger partial charge is 0.368 e. The third kappa shape index (κ3) is 3.36. The first-order chi connectivity index (χ1) is 16.1. The van der Waals surface area contributed by atoms with E-state index in [1.807, 2.05) is 18.2 Å². The number of aromatic nitrogens is 5. The highest BCUT2D eigenvalue weighted by Gasteiger charge is 2.31. The first-order valence-electron chi connectivity index (χ1n) is 10.8. The fourth-order valence-corrected chi connectivity index (χ4v) is 5.01. The average Bonchev–Trinajstić information content (AvgIpc) is 3.50. The van der Waals surface area contributed by atoms with Gasteiger partial charge in [0.25, 0.3) is 0 Å². The van der Waals surface area contributed by atoms with E-state index in [2.05, 4.69) is 37.4 Å². The zero-order valence-corrected chi connectivity index (χ0v) is 18.4. The molecule has 0 fully saturated rings. The van der Waals surface area contributed by atoms with E-state index in [9.17, 15) is 4.39 Å². The van der Waals surface area contributed by atoms with Gasteiger partial charge in [-0.15, -0.1) is 0 Å². The minimum Gasteiger partial charge on any atom is -0.368 e. The number of aryl methyl sites for hydroxylation is 1. The smallest absolute Gasteiger partial charge is 0.220 e. The molecule has 0 bridgehead atoms. The van der Waals surface area contributed by atoms with Crippen LogP contribution in [0, 0.1) is 5.82 Å². The molecule has 4 heterocycles. The van der Waals surface area contributed by atoms with Crippen LogP contribution in [0.2, 0.25) is 5.02 Å². The second-order valence-electron chi connectivity index (χ2n) is 8.24. The number of nitrogens with zero attached hydrogens (tertiary/aromatic N) is 5. The van der Waals surface area contributed by atoms with Crippen LogP contribution < -0.4 is 5.73 Å². The fraction of sp³-hybridized carbons (Fsp3) is 0.160. The minimum atomic E-state index is -0.283. The van der Waals surface area contributed by atoms with Crippen LogP contribution in [0.1, 0.15) is 18.3 Å². The number of rotatable bonds is 4. The van der Waals surface area contributed by atoms with Crippen LogP contribution in [0.25, 0.3) is 33.5 Å². The van der Waals surface area contributed by atoms with Crippen LogP contribution in [0.3, 0.4) is 0 Å². The zero-order valence-electron chi connectivity index (χ0n) is 17.6. The van der Waals surface area contributed by atoms with Gasteiger partial charge in [-0.2, -0.15) is 0 Å². The maximum Gasteiger partial charge on any atom is 0.220 e. The fourth-order valence-electron chi connectivity index (χ4n) is 4.78. The number of imidazole rings is 1. The number of hydrogen-bond acceptors (Lipinski definition) is 4.